The van der Waals surface area contributed by atoms with Gasteiger partial charge in [0, 0.05) is 12.1 Å². The Balaban J connectivity index is 1.63. The Labute approximate surface area is 282 Å². The number of aryl methyl sites for hydroxylation is 1. The fourth-order valence-electron chi connectivity index (χ4n) is 4.97. The van der Waals surface area contributed by atoms with Crippen molar-refractivity contribution in [2.75, 3.05) is 13.1 Å². The van der Waals surface area contributed by atoms with Crippen LogP contribution in [0.4, 0.5) is 4.79 Å². The maximum atomic E-state index is 13.6. The third kappa shape index (κ3) is 13.8. The van der Waals surface area contributed by atoms with Gasteiger partial charge in [-0.15, -0.1) is 0 Å². The number of alkyl carbamates (subject to hydrolysis) is 1. The fraction of sp³-hybridized carbons (Fsp3) is 0.378. The summed E-state index contributed by atoms with van der Waals surface area (Å²) in [6.45, 7) is 2.85. The molecule has 0 unspecified atom stereocenters. The molecule has 11 nitrogen and oxygen atoms in total. The summed E-state index contributed by atoms with van der Waals surface area (Å²) in [5.41, 5.74) is 8.90. The van der Waals surface area contributed by atoms with Crippen LogP contribution in [0.3, 0.4) is 0 Å². The van der Waals surface area contributed by atoms with Crippen molar-refractivity contribution in [3.63, 3.8) is 0 Å². The molecule has 4 amide bonds. The van der Waals surface area contributed by atoms with Gasteiger partial charge in [-0.2, -0.15) is 0 Å². The zero-order valence-electron chi connectivity index (χ0n) is 27.5. The molecule has 0 fully saturated rings. The monoisotopic (exact) mass is 657 g/mol. The van der Waals surface area contributed by atoms with Gasteiger partial charge in [0.05, 0.1) is 6.04 Å². The van der Waals surface area contributed by atoms with Crippen molar-refractivity contribution in [2.45, 2.75) is 76.6 Å². The van der Waals surface area contributed by atoms with Gasteiger partial charge in [0.1, 0.15) is 25.0 Å². The van der Waals surface area contributed by atoms with Crippen molar-refractivity contribution in [3.05, 3.63) is 107 Å². The van der Waals surface area contributed by atoms with E-state index in [2.05, 4.69) is 21.3 Å². The second kappa shape index (κ2) is 21.0. The molecule has 0 radical (unpaired) electrons. The summed E-state index contributed by atoms with van der Waals surface area (Å²) in [6.07, 6.45) is 3.20. The summed E-state index contributed by atoms with van der Waals surface area (Å²) in [4.78, 5) is 64.2. The highest BCUT2D eigenvalue weighted by atomic mass is 16.5. The number of benzene rings is 3. The topological polar surface area (TPSA) is 169 Å². The number of amides is 4. The average Bonchev–Trinajstić information content (AvgIpc) is 3.10. The number of unbranched alkanes of at least 4 members (excludes halogenated alkanes) is 2. The van der Waals surface area contributed by atoms with Gasteiger partial charge in [0.15, 0.2) is 0 Å². The first kappa shape index (κ1) is 37.4. The van der Waals surface area contributed by atoms with Crippen molar-refractivity contribution >= 4 is 30.1 Å². The minimum Gasteiger partial charge on any atom is -0.445 e. The highest BCUT2D eigenvalue weighted by Crippen LogP contribution is 2.10. The van der Waals surface area contributed by atoms with Crippen LogP contribution >= 0.6 is 0 Å². The van der Waals surface area contributed by atoms with Crippen LogP contribution in [0.1, 0.15) is 65.6 Å². The second-order valence-corrected chi connectivity index (χ2v) is 11.7. The number of hydrogen-bond acceptors (Lipinski definition) is 7. The van der Waals surface area contributed by atoms with E-state index in [0.29, 0.717) is 63.5 Å². The summed E-state index contributed by atoms with van der Waals surface area (Å²) in [7, 11) is 0. The quantitative estimate of drug-likeness (QED) is 0.0911. The summed E-state index contributed by atoms with van der Waals surface area (Å²) in [6, 6.07) is 22.8. The van der Waals surface area contributed by atoms with Gasteiger partial charge in [0.25, 0.3) is 5.91 Å². The van der Waals surface area contributed by atoms with E-state index >= 15 is 0 Å². The molecule has 6 N–H and O–H groups in total. The van der Waals surface area contributed by atoms with Crippen LogP contribution in [0, 0.1) is 6.92 Å². The van der Waals surface area contributed by atoms with E-state index in [4.69, 9.17) is 10.5 Å². The summed E-state index contributed by atoms with van der Waals surface area (Å²) in [5.74, 6) is -1.44. The number of hydrogen-bond donors (Lipinski definition) is 5. The molecule has 0 spiro atoms. The van der Waals surface area contributed by atoms with Crippen LogP contribution in [0.5, 0.6) is 0 Å². The van der Waals surface area contributed by atoms with E-state index in [9.17, 15) is 24.0 Å². The highest BCUT2D eigenvalue weighted by Gasteiger charge is 2.28. The summed E-state index contributed by atoms with van der Waals surface area (Å²) >= 11 is 0. The van der Waals surface area contributed by atoms with Gasteiger partial charge in [-0.1, -0.05) is 78.4 Å². The Morgan fingerprint density at radius 3 is 1.98 bits per heavy atom. The molecule has 3 aromatic rings. The van der Waals surface area contributed by atoms with E-state index in [1.165, 1.54) is 0 Å². The van der Waals surface area contributed by atoms with Gasteiger partial charge < -0.3 is 36.5 Å². The molecule has 256 valence electrons. The lowest BCUT2D eigenvalue weighted by atomic mass is 10.0. The van der Waals surface area contributed by atoms with E-state index in [1.807, 2.05) is 61.5 Å². The maximum absolute atomic E-state index is 13.6. The van der Waals surface area contributed by atoms with Crippen molar-refractivity contribution in [1.82, 2.24) is 21.3 Å². The molecule has 0 aromatic heterocycles. The smallest absolute Gasteiger partial charge is 0.407 e. The molecule has 0 aliphatic rings. The number of nitrogens with two attached hydrogens (primary N) is 1. The average molecular weight is 658 g/mol. The van der Waals surface area contributed by atoms with Gasteiger partial charge >= 0.3 is 6.09 Å². The molecule has 3 aromatic carbocycles. The molecule has 0 saturated heterocycles. The molecule has 0 aliphatic carbocycles. The molecule has 0 saturated carbocycles. The number of aldehydes is 1. The Hall–Kier alpha value is -5.03. The van der Waals surface area contributed by atoms with Crippen molar-refractivity contribution < 1.29 is 28.7 Å². The highest BCUT2D eigenvalue weighted by molar-refractivity contribution is 5.98. The van der Waals surface area contributed by atoms with Crippen LogP contribution in [0.2, 0.25) is 0 Å². The third-order valence-electron chi connectivity index (χ3n) is 7.71. The molecule has 3 atom stereocenters. The number of carbonyl (C=O) groups is 5. The first-order valence-corrected chi connectivity index (χ1v) is 16.4. The minimum atomic E-state index is -0.992. The van der Waals surface area contributed by atoms with Crippen LogP contribution in [-0.4, -0.2) is 61.3 Å². The Morgan fingerprint density at radius 1 is 0.729 bits per heavy atom. The van der Waals surface area contributed by atoms with E-state index in [0.717, 1.165) is 16.7 Å². The molecular formula is C37H47N5O6. The SMILES string of the molecule is Cc1ccc(C[C@@H](C=O)NC(=O)[C@H](CCCCNC(=O)OCc2ccccc2)NC(=O)[C@H](CCCCN)NC(=O)c2ccccc2)cc1. The first-order valence-electron chi connectivity index (χ1n) is 16.4. The van der Waals surface area contributed by atoms with Crippen molar-refractivity contribution in [1.29, 1.82) is 0 Å². The lowest BCUT2D eigenvalue weighted by Gasteiger charge is -2.24. The largest absolute Gasteiger partial charge is 0.445 e. The molecular weight excluding hydrogens is 610 g/mol. The predicted octanol–water partition coefficient (Wildman–Crippen LogP) is 3.73. The fourth-order valence-corrected chi connectivity index (χ4v) is 4.97. The van der Waals surface area contributed by atoms with Crippen LogP contribution in [0.25, 0.3) is 0 Å². The molecule has 0 heterocycles. The molecule has 48 heavy (non-hydrogen) atoms. The van der Waals surface area contributed by atoms with E-state index in [1.54, 1.807) is 30.3 Å². The maximum Gasteiger partial charge on any atom is 0.407 e. The number of rotatable bonds is 20. The molecule has 0 bridgehead atoms. The number of ether oxygens (including phenoxy) is 1. The predicted molar refractivity (Wildman–Crippen MR) is 184 cm³/mol. The normalized spacial score (nSPS) is 12.5. The van der Waals surface area contributed by atoms with Crippen molar-refractivity contribution in [2.24, 2.45) is 5.73 Å². The lowest BCUT2D eigenvalue weighted by molar-refractivity contribution is -0.131. The third-order valence-corrected chi connectivity index (χ3v) is 7.71. The summed E-state index contributed by atoms with van der Waals surface area (Å²) in [5, 5.41) is 11.1. The minimum absolute atomic E-state index is 0.148. The number of nitrogens with one attached hydrogen (secondary N) is 4. The van der Waals surface area contributed by atoms with Gasteiger partial charge in [-0.25, -0.2) is 4.79 Å². The van der Waals surface area contributed by atoms with Crippen molar-refractivity contribution in [3.8, 4) is 0 Å². The first-order chi connectivity index (χ1) is 23.3. The van der Waals surface area contributed by atoms with Crippen LogP contribution < -0.4 is 27.0 Å². The van der Waals surface area contributed by atoms with Gasteiger partial charge in [0.2, 0.25) is 11.8 Å². The molecule has 11 heteroatoms. The Bertz CT molecular complexity index is 1440. The molecule has 3 rings (SSSR count). The van der Waals surface area contributed by atoms with E-state index in [-0.39, 0.29) is 13.0 Å². The zero-order chi connectivity index (χ0) is 34.6. The lowest BCUT2D eigenvalue weighted by Crippen LogP contribution is -2.55. The van der Waals surface area contributed by atoms with E-state index < -0.39 is 41.9 Å². The van der Waals surface area contributed by atoms with Gasteiger partial charge in [-0.3, -0.25) is 14.4 Å². The van der Waals surface area contributed by atoms with Crippen LogP contribution in [-0.2, 0) is 32.1 Å². The Morgan fingerprint density at radius 2 is 1.33 bits per heavy atom. The zero-order valence-corrected chi connectivity index (χ0v) is 27.5. The Kier molecular flexibility index (Phi) is 16.3. The summed E-state index contributed by atoms with van der Waals surface area (Å²) < 4.78 is 5.24. The second-order valence-electron chi connectivity index (χ2n) is 11.7. The molecule has 0 aliphatic heterocycles. The van der Waals surface area contributed by atoms with Gasteiger partial charge in [-0.05, 0) is 81.7 Å². The number of carbonyl (C=O) groups excluding carboxylic acids is 5. The standard InChI is InChI=1S/C37H47N5O6/c1-27-18-20-28(21-19-27)24-31(25-43)40-35(45)32(17-9-11-23-39-37(47)48-26-29-12-4-2-5-13-29)42-36(46)33(16-8-10-22-38)41-34(44)30-14-6-3-7-15-30/h2-7,12-15,18-21,25,31-33H,8-11,16-17,22-24,26,38H2,1H3,(H,39,47)(H,40,45)(H,41,44)(H,42,46)/t31-,32-,33-/m0/s1. The van der Waals surface area contributed by atoms with Crippen LogP contribution in [0.15, 0.2) is 84.9 Å².